The SMILES string of the molecule is CN(C)CCN1C(=O)c2cccc3cc4ccc(O)cc4c(c23)C1=O. The van der Waals surface area contributed by atoms with Crippen molar-refractivity contribution in [2.75, 3.05) is 27.2 Å². The molecule has 25 heavy (non-hydrogen) atoms. The molecular weight excluding hydrogens is 316 g/mol. The van der Waals surface area contributed by atoms with Gasteiger partial charge in [0.05, 0.1) is 5.56 Å². The van der Waals surface area contributed by atoms with Gasteiger partial charge in [-0.2, -0.15) is 0 Å². The van der Waals surface area contributed by atoms with Crippen LogP contribution in [0.1, 0.15) is 20.7 Å². The van der Waals surface area contributed by atoms with Gasteiger partial charge in [-0.05, 0) is 54.5 Å². The van der Waals surface area contributed by atoms with Crippen LogP contribution in [0.5, 0.6) is 5.75 Å². The number of hydrogen-bond donors (Lipinski definition) is 1. The van der Waals surface area contributed by atoms with E-state index in [2.05, 4.69) is 0 Å². The third kappa shape index (κ3) is 2.36. The number of aromatic hydroxyl groups is 1. The fourth-order valence-corrected chi connectivity index (χ4v) is 3.43. The highest BCUT2D eigenvalue weighted by atomic mass is 16.3. The number of hydrogen-bond acceptors (Lipinski definition) is 4. The van der Waals surface area contributed by atoms with E-state index in [4.69, 9.17) is 0 Å². The minimum atomic E-state index is -0.299. The molecule has 5 nitrogen and oxygen atoms in total. The van der Waals surface area contributed by atoms with Crippen molar-refractivity contribution in [3.8, 4) is 5.75 Å². The van der Waals surface area contributed by atoms with Crippen LogP contribution < -0.4 is 0 Å². The lowest BCUT2D eigenvalue weighted by Crippen LogP contribution is -2.43. The highest BCUT2D eigenvalue weighted by molar-refractivity contribution is 6.30. The molecule has 0 fully saturated rings. The molecule has 0 saturated carbocycles. The van der Waals surface area contributed by atoms with Gasteiger partial charge in [0, 0.05) is 24.0 Å². The van der Waals surface area contributed by atoms with E-state index in [-0.39, 0.29) is 17.6 Å². The molecule has 2 amide bonds. The maximum absolute atomic E-state index is 13.2. The van der Waals surface area contributed by atoms with E-state index in [0.717, 1.165) is 10.8 Å². The van der Waals surface area contributed by atoms with E-state index in [9.17, 15) is 14.7 Å². The summed E-state index contributed by atoms with van der Waals surface area (Å²) in [7, 11) is 3.81. The van der Waals surface area contributed by atoms with Crippen LogP contribution >= 0.6 is 0 Å². The Balaban J connectivity index is 2.03. The van der Waals surface area contributed by atoms with Crippen molar-refractivity contribution in [3.63, 3.8) is 0 Å². The van der Waals surface area contributed by atoms with Crippen molar-refractivity contribution in [3.05, 3.63) is 53.6 Å². The highest BCUT2D eigenvalue weighted by Crippen LogP contribution is 2.36. The van der Waals surface area contributed by atoms with Gasteiger partial charge in [0.15, 0.2) is 0 Å². The van der Waals surface area contributed by atoms with E-state index >= 15 is 0 Å². The Morgan fingerprint density at radius 2 is 1.80 bits per heavy atom. The van der Waals surface area contributed by atoms with Gasteiger partial charge in [0.2, 0.25) is 0 Å². The van der Waals surface area contributed by atoms with Crippen molar-refractivity contribution in [2.24, 2.45) is 0 Å². The summed E-state index contributed by atoms with van der Waals surface area (Å²) in [5.41, 5.74) is 1.04. The molecule has 0 unspecified atom stereocenters. The minimum absolute atomic E-state index is 0.102. The number of phenols is 1. The van der Waals surface area contributed by atoms with E-state index in [1.54, 1.807) is 24.3 Å². The first-order valence-corrected chi connectivity index (χ1v) is 8.17. The number of benzene rings is 3. The predicted octanol–water partition coefficient (Wildman–Crippen LogP) is 2.86. The summed E-state index contributed by atoms with van der Waals surface area (Å²) in [4.78, 5) is 29.3. The zero-order valence-corrected chi connectivity index (χ0v) is 14.1. The van der Waals surface area contributed by atoms with E-state index in [1.165, 1.54) is 4.90 Å². The van der Waals surface area contributed by atoms with Gasteiger partial charge in [-0.25, -0.2) is 0 Å². The molecule has 3 aromatic carbocycles. The molecule has 1 N–H and O–H groups in total. The number of carbonyl (C=O) groups excluding carboxylic acids is 2. The molecule has 126 valence electrons. The molecular formula is C20H18N2O3. The first-order valence-electron chi connectivity index (χ1n) is 8.17. The predicted molar refractivity (Wildman–Crippen MR) is 97.0 cm³/mol. The van der Waals surface area contributed by atoms with E-state index in [0.29, 0.717) is 35.0 Å². The van der Waals surface area contributed by atoms with Gasteiger partial charge in [-0.3, -0.25) is 14.5 Å². The van der Waals surface area contributed by atoms with Crippen molar-refractivity contribution in [1.29, 1.82) is 0 Å². The molecule has 1 aliphatic rings. The van der Waals surface area contributed by atoms with Crippen LogP contribution in [-0.4, -0.2) is 53.9 Å². The van der Waals surface area contributed by atoms with E-state index in [1.807, 2.05) is 37.2 Å². The first kappa shape index (κ1) is 15.6. The van der Waals surface area contributed by atoms with Crippen molar-refractivity contribution >= 4 is 33.4 Å². The number of rotatable bonds is 3. The van der Waals surface area contributed by atoms with Crippen LogP contribution in [0.3, 0.4) is 0 Å². The summed E-state index contributed by atoms with van der Waals surface area (Å²) in [6, 6.07) is 12.5. The lowest BCUT2D eigenvalue weighted by atomic mass is 9.89. The summed E-state index contributed by atoms with van der Waals surface area (Å²) in [5.74, 6) is -0.457. The molecule has 4 rings (SSSR count). The van der Waals surface area contributed by atoms with Gasteiger partial charge in [-0.15, -0.1) is 0 Å². The van der Waals surface area contributed by atoms with Gasteiger partial charge >= 0.3 is 0 Å². The Bertz CT molecular complexity index is 1040. The number of fused-ring (bicyclic) bond motifs is 2. The van der Waals surface area contributed by atoms with Crippen LogP contribution in [-0.2, 0) is 0 Å². The fourth-order valence-electron chi connectivity index (χ4n) is 3.43. The molecule has 1 heterocycles. The van der Waals surface area contributed by atoms with Gasteiger partial charge in [-0.1, -0.05) is 18.2 Å². The number of amides is 2. The van der Waals surface area contributed by atoms with Crippen molar-refractivity contribution in [1.82, 2.24) is 9.80 Å². The van der Waals surface area contributed by atoms with Crippen LogP contribution in [0.4, 0.5) is 0 Å². The molecule has 0 aliphatic carbocycles. The topological polar surface area (TPSA) is 60.9 Å². The fraction of sp³-hybridized carbons (Fsp3) is 0.200. The normalized spacial score (nSPS) is 14.1. The Kier molecular flexibility index (Phi) is 3.47. The maximum atomic E-state index is 13.2. The summed E-state index contributed by atoms with van der Waals surface area (Å²) >= 11 is 0. The molecule has 0 saturated heterocycles. The standard InChI is InChI=1S/C20H18N2O3/c1-21(2)8-9-22-19(24)15-5-3-4-13-10-12-6-7-14(23)11-16(12)18(17(13)15)20(22)25/h3-7,10-11,23H,8-9H2,1-2H3. The minimum Gasteiger partial charge on any atom is -0.508 e. The molecule has 0 atom stereocenters. The number of carbonyl (C=O) groups is 2. The summed E-state index contributed by atoms with van der Waals surface area (Å²) in [5, 5.41) is 13.0. The molecule has 1 aliphatic heterocycles. The molecule has 5 heteroatoms. The average molecular weight is 334 g/mol. The van der Waals surface area contributed by atoms with Crippen LogP contribution in [0.15, 0.2) is 42.5 Å². The summed E-state index contributed by atoms with van der Waals surface area (Å²) < 4.78 is 0. The van der Waals surface area contributed by atoms with Crippen LogP contribution in [0, 0.1) is 0 Å². The second-order valence-corrected chi connectivity index (χ2v) is 6.63. The zero-order chi connectivity index (χ0) is 17.7. The maximum Gasteiger partial charge on any atom is 0.262 e. The van der Waals surface area contributed by atoms with Gasteiger partial charge < -0.3 is 10.0 Å². The van der Waals surface area contributed by atoms with Crippen molar-refractivity contribution < 1.29 is 14.7 Å². The molecule has 0 radical (unpaired) electrons. The molecule has 0 spiro atoms. The highest BCUT2D eigenvalue weighted by Gasteiger charge is 2.34. The summed E-state index contributed by atoms with van der Waals surface area (Å²) in [6.45, 7) is 0.925. The second-order valence-electron chi connectivity index (χ2n) is 6.63. The summed E-state index contributed by atoms with van der Waals surface area (Å²) in [6.07, 6.45) is 0. The number of imide groups is 1. The van der Waals surface area contributed by atoms with Crippen LogP contribution in [0.25, 0.3) is 21.5 Å². The van der Waals surface area contributed by atoms with Crippen molar-refractivity contribution in [2.45, 2.75) is 0 Å². The van der Waals surface area contributed by atoms with Gasteiger partial charge in [0.25, 0.3) is 11.8 Å². The zero-order valence-electron chi connectivity index (χ0n) is 14.1. The Morgan fingerprint density at radius 1 is 1.00 bits per heavy atom. The smallest absolute Gasteiger partial charge is 0.262 e. The number of phenolic OH excluding ortho intramolecular Hbond substituents is 1. The lowest BCUT2D eigenvalue weighted by molar-refractivity contribution is 0.0602. The molecule has 0 bridgehead atoms. The Morgan fingerprint density at radius 3 is 2.56 bits per heavy atom. The molecule has 0 aromatic heterocycles. The third-order valence-electron chi connectivity index (χ3n) is 4.67. The second kappa shape index (κ2) is 5.57. The molecule has 3 aromatic rings. The van der Waals surface area contributed by atoms with Crippen LogP contribution in [0.2, 0.25) is 0 Å². The first-order chi connectivity index (χ1) is 12.0. The quantitative estimate of drug-likeness (QED) is 0.591. The van der Waals surface area contributed by atoms with Gasteiger partial charge in [0.1, 0.15) is 5.75 Å². The average Bonchev–Trinajstić information content (AvgIpc) is 2.58. The number of likely N-dealkylation sites (N-methyl/N-ethyl adjacent to an activating group) is 1. The Labute approximate surface area is 145 Å². The van der Waals surface area contributed by atoms with E-state index < -0.39 is 0 Å². The largest absolute Gasteiger partial charge is 0.508 e. The lowest BCUT2D eigenvalue weighted by Gasteiger charge is -2.29. The Hall–Kier alpha value is -2.92. The third-order valence-corrected chi connectivity index (χ3v) is 4.67. The number of nitrogens with zero attached hydrogens (tertiary/aromatic N) is 2. The monoisotopic (exact) mass is 334 g/mol.